The van der Waals surface area contributed by atoms with E-state index in [0.29, 0.717) is 13.0 Å². The maximum absolute atomic E-state index is 11.6. The van der Waals surface area contributed by atoms with Crippen LogP contribution in [0.2, 0.25) is 0 Å². The number of alkyl halides is 1. The van der Waals surface area contributed by atoms with E-state index in [1.807, 2.05) is 0 Å². The van der Waals surface area contributed by atoms with Gasteiger partial charge in [-0.3, -0.25) is 0 Å². The minimum atomic E-state index is -3.15. The Balaban J connectivity index is 2.72. The molecule has 14 heavy (non-hydrogen) atoms. The van der Waals surface area contributed by atoms with Gasteiger partial charge in [0.15, 0.2) is 0 Å². The van der Waals surface area contributed by atoms with E-state index in [2.05, 4.69) is 15.9 Å². The molecule has 0 aliphatic carbocycles. The van der Waals surface area contributed by atoms with Gasteiger partial charge in [0, 0.05) is 19.2 Å². The molecule has 0 aromatic heterocycles. The van der Waals surface area contributed by atoms with E-state index in [1.165, 1.54) is 4.31 Å². The van der Waals surface area contributed by atoms with E-state index < -0.39 is 10.0 Å². The summed E-state index contributed by atoms with van der Waals surface area (Å²) in [7, 11) is -3.15. The molecule has 1 aliphatic rings. The highest BCUT2D eigenvalue weighted by Crippen LogP contribution is 2.23. The van der Waals surface area contributed by atoms with Crippen molar-refractivity contribution >= 4 is 26.0 Å². The lowest BCUT2D eigenvalue weighted by Gasteiger charge is -2.33. The highest BCUT2D eigenvalue weighted by molar-refractivity contribution is 9.10. The molecule has 4 nitrogen and oxygen atoms in total. The largest absolute Gasteiger partial charge is 0.396 e. The smallest absolute Gasteiger partial charge is 0.224 e. The van der Waals surface area contributed by atoms with Gasteiger partial charge in [-0.05, 0) is 19.3 Å². The van der Waals surface area contributed by atoms with E-state index in [4.69, 9.17) is 5.11 Å². The first kappa shape index (κ1) is 12.4. The summed E-state index contributed by atoms with van der Waals surface area (Å²) in [5.74, 6) is 0. The van der Waals surface area contributed by atoms with Gasteiger partial charge in [0.1, 0.15) is 4.66 Å². The summed E-state index contributed by atoms with van der Waals surface area (Å²) in [6.07, 6.45) is 3.39. The minimum Gasteiger partial charge on any atom is -0.396 e. The fraction of sp³-hybridized carbons (Fsp3) is 1.00. The predicted molar refractivity (Wildman–Crippen MR) is 58.8 cm³/mol. The second kappa shape index (κ2) is 5.44. The first-order valence-corrected chi connectivity index (χ1v) is 7.51. The third kappa shape index (κ3) is 2.92. The average Bonchev–Trinajstić information content (AvgIpc) is 2.19. The molecule has 6 heteroatoms. The molecule has 1 N–H and O–H groups in total. The second-order valence-electron chi connectivity index (χ2n) is 3.49. The molecule has 1 saturated heterocycles. The number of piperidine rings is 1. The van der Waals surface area contributed by atoms with Crippen molar-refractivity contribution in [1.29, 1.82) is 0 Å². The lowest BCUT2D eigenvalue weighted by Crippen LogP contribution is -2.44. The van der Waals surface area contributed by atoms with Gasteiger partial charge in [-0.1, -0.05) is 22.4 Å². The van der Waals surface area contributed by atoms with Crippen molar-refractivity contribution < 1.29 is 13.5 Å². The number of hydrogen-bond acceptors (Lipinski definition) is 3. The van der Waals surface area contributed by atoms with Crippen molar-refractivity contribution in [2.75, 3.05) is 17.8 Å². The molecule has 1 unspecified atom stereocenters. The van der Waals surface area contributed by atoms with Gasteiger partial charge in [-0.15, -0.1) is 0 Å². The van der Waals surface area contributed by atoms with Gasteiger partial charge in [0.25, 0.3) is 0 Å². The first-order chi connectivity index (χ1) is 6.61. The van der Waals surface area contributed by atoms with Gasteiger partial charge in [0.05, 0.1) is 0 Å². The third-order valence-electron chi connectivity index (χ3n) is 2.53. The van der Waals surface area contributed by atoms with Crippen LogP contribution in [0.4, 0.5) is 0 Å². The van der Waals surface area contributed by atoms with Gasteiger partial charge in [0.2, 0.25) is 10.0 Å². The molecule has 0 saturated carbocycles. The summed E-state index contributed by atoms with van der Waals surface area (Å²) < 4.78 is 24.8. The SMILES string of the molecule is O=S(=O)(CBr)N1CCCCC1CCO. The second-order valence-corrected chi connectivity index (χ2v) is 6.72. The van der Waals surface area contributed by atoms with Gasteiger partial charge < -0.3 is 5.11 Å². The lowest BCUT2D eigenvalue weighted by molar-refractivity contribution is 0.193. The van der Waals surface area contributed by atoms with Crippen molar-refractivity contribution in [3.8, 4) is 0 Å². The summed E-state index contributed by atoms with van der Waals surface area (Å²) in [5, 5.41) is 8.84. The standard InChI is InChI=1S/C8H16BrNO3S/c9-7-14(12,13)10-5-2-1-3-8(10)4-6-11/h8,11H,1-7H2. The van der Waals surface area contributed by atoms with E-state index in [9.17, 15) is 8.42 Å². The Morgan fingerprint density at radius 2 is 2.14 bits per heavy atom. The maximum Gasteiger partial charge on any atom is 0.224 e. The van der Waals surface area contributed by atoms with Crippen LogP contribution in [0, 0.1) is 0 Å². The van der Waals surface area contributed by atoms with Crippen LogP contribution in [0.15, 0.2) is 0 Å². The van der Waals surface area contributed by atoms with E-state index in [1.54, 1.807) is 0 Å². The Kier molecular flexibility index (Phi) is 4.82. The summed E-state index contributed by atoms with van der Waals surface area (Å²) in [6.45, 7) is 0.650. The van der Waals surface area contributed by atoms with Crippen LogP contribution in [-0.4, -0.2) is 41.7 Å². The van der Waals surface area contributed by atoms with Crippen LogP contribution in [0.5, 0.6) is 0 Å². The number of aliphatic hydroxyl groups excluding tert-OH is 1. The molecule has 0 bridgehead atoms. The van der Waals surface area contributed by atoms with Crippen molar-refractivity contribution in [2.45, 2.75) is 31.7 Å². The molecular weight excluding hydrogens is 270 g/mol. The highest BCUT2D eigenvalue weighted by atomic mass is 79.9. The summed E-state index contributed by atoms with van der Waals surface area (Å²) >= 11 is 2.99. The van der Waals surface area contributed by atoms with Gasteiger partial charge in [-0.25, -0.2) is 8.42 Å². The van der Waals surface area contributed by atoms with Gasteiger partial charge >= 0.3 is 0 Å². The predicted octanol–water partition coefficient (Wildman–Crippen LogP) is 0.906. The Bertz CT molecular complexity index is 266. The fourth-order valence-corrected chi connectivity index (χ4v) is 3.83. The Morgan fingerprint density at radius 1 is 1.43 bits per heavy atom. The molecular formula is C8H16BrNO3S. The quantitative estimate of drug-likeness (QED) is 0.781. The highest BCUT2D eigenvalue weighted by Gasteiger charge is 2.30. The van der Waals surface area contributed by atoms with Crippen LogP contribution in [0.25, 0.3) is 0 Å². The molecule has 1 heterocycles. The molecule has 0 aromatic carbocycles. The number of halogens is 1. The van der Waals surface area contributed by atoms with E-state index in [-0.39, 0.29) is 17.3 Å². The van der Waals surface area contributed by atoms with Crippen molar-refractivity contribution in [3.05, 3.63) is 0 Å². The monoisotopic (exact) mass is 285 g/mol. The number of aliphatic hydroxyl groups is 1. The van der Waals surface area contributed by atoms with Crippen molar-refractivity contribution in [2.24, 2.45) is 0 Å². The first-order valence-electron chi connectivity index (χ1n) is 4.78. The molecule has 1 fully saturated rings. The summed E-state index contributed by atoms with van der Waals surface area (Å²) in [4.78, 5) is 0. The molecule has 0 amide bonds. The van der Waals surface area contributed by atoms with Crippen LogP contribution in [0.1, 0.15) is 25.7 Å². The lowest BCUT2D eigenvalue weighted by atomic mass is 10.0. The molecule has 1 atom stereocenters. The number of rotatable bonds is 4. The van der Waals surface area contributed by atoms with Crippen molar-refractivity contribution in [1.82, 2.24) is 4.31 Å². The van der Waals surface area contributed by atoms with Gasteiger partial charge in [-0.2, -0.15) is 4.31 Å². The van der Waals surface area contributed by atoms with Crippen LogP contribution in [0.3, 0.4) is 0 Å². The number of hydrogen-bond donors (Lipinski definition) is 1. The normalized spacial score (nSPS) is 25.1. The molecule has 0 spiro atoms. The van der Waals surface area contributed by atoms with Crippen molar-refractivity contribution in [3.63, 3.8) is 0 Å². The minimum absolute atomic E-state index is 0.00343. The molecule has 1 rings (SSSR count). The van der Waals surface area contributed by atoms with E-state index in [0.717, 1.165) is 19.3 Å². The number of sulfonamides is 1. The Hall–Kier alpha value is 0.350. The fourth-order valence-electron chi connectivity index (χ4n) is 1.84. The summed E-state index contributed by atoms with van der Waals surface area (Å²) in [5.41, 5.74) is 0. The average molecular weight is 286 g/mol. The van der Waals surface area contributed by atoms with Crippen LogP contribution < -0.4 is 0 Å². The third-order valence-corrected chi connectivity index (χ3v) is 5.74. The van der Waals surface area contributed by atoms with E-state index >= 15 is 0 Å². The maximum atomic E-state index is 11.6. The number of nitrogens with zero attached hydrogens (tertiary/aromatic N) is 1. The molecule has 1 aliphatic heterocycles. The zero-order valence-electron chi connectivity index (χ0n) is 8.02. The Labute approximate surface area is 93.5 Å². The molecule has 0 aromatic rings. The van der Waals surface area contributed by atoms with Crippen LogP contribution >= 0.6 is 15.9 Å². The zero-order valence-corrected chi connectivity index (χ0v) is 10.4. The zero-order chi connectivity index (χ0) is 10.6. The molecule has 84 valence electrons. The summed E-state index contributed by atoms with van der Waals surface area (Å²) in [6, 6.07) is -0.00343. The molecule has 0 radical (unpaired) electrons. The topological polar surface area (TPSA) is 57.6 Å². The van der Waals surface area contributed by atoms with Crippen LogP contribution in [-0.2, 0) is 10.0 Å². The Morgan fingerprint density at radius 3 is 2.71 bits per heavy atom.